The van der Waals surface area contributed by atoms with Gasteiger partial charge in [0.15, 0.2) is 0 Å². The quantitative estimate of drug-likeness (QED) is 0.866. The SMILES string of the molecule is COc1ccc(C(CN)SCc2cc(C)cc(C)c2)cc1. The number of benzene rings is 2. The van der Waals surface area contributed by atoms with Crippen LogP contribution in [0.2, 0.25) is 0 Å². The molecule has 1 unspecified atom stereocenters. The van der Waals surface area contributed by atoms with Gasteiger partial charge in [0, 0.05) is 17.5 Å². The second kappa shape index (κ2) is 7.53. The molecule has 112 valence electrons. The Kier molecular flexibility index (Phi) is 5.71. The first-order valence-electron chi connectivity index (χ1n) is 7.15. The van der Waals surface area contributed by atoms with Gasteiger partial charge >= 0.3 is 0 Å². The van der Waals surface area contributed by atoms with E-state index in [9.17, 15) is 0 Å². The molecule has 0 fully saturated rings. The van der Waals surface area contributed by atoms with Crippen LogP contribution in [0.25, 0.3) is 0 Å². The van der Waals surface area contributed by atoms with E-state index in [1.165, 1.54) is 22.3 Å². The van der Waals surface area contributed by atoms with Crippen LogP contribution >= 0.6 is 11.8 Å². The fraction of sp³-hybridized carbons (Fsp3) is 0.333. The molecule has 2 rings (SSSR count). The Bertz CT molecular complexity index is 560. The maximum atomic E-state index is 5.95. The molecule has 2 nitrogen and oxygen atoms in total. The lowest BCUT2D eigenvalue weighted by Gasteiger charge is -2.16. The molecular formula is C18H23NOS. The van der Waals surface area contributed by atoms with E-state index < -0.39 is 0 Å². The smallest absolute Gasteiger partial charge is 0.118 e. The van der Waals surface area contributed by atoms with Crippen LogP contribution in [0.3, 0.4) is 0 Å². The summed E-state index contributed by atoms with van der Waals surface area (Å²) in [5, 5.41) is 0.316. The van der Waals surface area contributed by atoms with E-state index in [0.717, 1.165) is 11.5 Å². The third kappa shape index (κ3) is 4.51. The lowest BCUT2D eigenvalue weighted by atomic mass is 10.1. The molecule has 0 saturated carbocycles. The summed E-state index contributed by atoms with van der Waals surface area (Å²) < 4.78 is 5.20. The van der Waals surface area contributed by atoms with Crippen molar-refractivity contribution < 1.29 is 4.74 Å². The van der Waals surface area contributed by atoms with Crippen molar-refractivity contribution in [3.8, 4) is 5.75 Å². The van der Waals surface area contributed by atoms with Gasteiger partial charge in [-0.05, 0) is 37.1 Å². The van der Waals surface area contributed by atoms with Gasteiger partial charge in [0.1, 0.15) is 5.75 Å². The molecule has 0 aliphatic rings. The molecule has 0 spiro atoms. The molecule has 2 aromatic rings. The van der Waals surface area contributed by atoms with Crippen molar-refractivity contribution in [2.75, 3.05) is 13.7 Å². The van der Waals surface area contributed by atoms with Crippen LogP contribution in [0.1, 0.15) is 27.5 Å². The molecule has 2 aromatic carbocycles. The molecule has 0 aromatic heterocycles. The Labute approximate surface area is 131 Å². The number of ether oxygens (including phenoxy) is 1. The normalized spacial score (nSPS) is 12.2. The number of nitrogens with two attached hydrogens (primary N) is 1. The second-order valence-electron chi connectivity index (χ2n) is 5.30. The molecule has 0 aliphatic carbocycles. The monoisotopic (exact) mass is 301 g/mol. The van der Waals surface area contributed by atoms with Crippen molar-refractivity contribution in [2.45, 2.75) is 24.9 Å². The minimum Gasteiger partial charge on any atom is -0.497 e. The first-order valence-corrected chi connectivity index (χ1v) is 8.20. The Morgan fingerprint density at radius 2 is 1.67 bits per heavy atom. The van der Waals surface area contributed by atoms with E-state index in [1.54, 1.807) is 7.11 Å². The summed E-state index contributed by atoms with van der Waals surface area (Å²) in [6.07, 6.45) is 0. The maximum Gasteiger partial charge on any atom is 0.118 e. The highest BCUT2D eigenvalue weighted by molar-refractivity contribution is 7.98. The lowest BCUT2D eigenvalue weighted by Crippen LogP contribution is -2.09. The average molecular weight is 301 g/mol. The van der Waals surface area contributed by atoms with Crippen molar-refractivity contribution >= 4 is 11.8 Å². The first kappa shape index (κ1) is 15.9. The van der Waals surface area contributed by atoms with Crippen LogP contribution in [-0.4, -0.2) is 13.7 Å². The summed E-state index contributed by atoms with van der Waals surface area (Å²) >= 11 is 1.89. The van der Waals surface area contributed by atoms with Crippen molar-refractivity contribution in [2.24, 2.45) is 5.73 Å². The molecule has 21 heavy (non-hydrogen) atoms. The van der Waals surface area contributed by atoms with E-state index >= 15 is 0 Å². The molecule has 0 heterocycles. The highest BCUT2D eigenvalue weighted by Gasteiger charge is 2.11. The third-order valence-corrected chi connectivity index (χ3v) is 4.80. The van der Waals surface area contributed by atoms with Gasteiger partial charge in [0.05, 0.1) is 7.11 Å². The predicted molar refractivity (Wildman–Crippen MR) is 92.0 cm³/mol. The molecule has 0 radical (unpaired) electrons. The van der Waals surface area contributed by atoms with Crippen molar-refractivity contribution in [1.82, 2.24) is 0 Å². The third-order valence-electron chi connectivity index (χ3n) is 3.43. The van der Waals surface area contributed by atoms with Gasteiger partial charge in [-0.15, -0.1) is 11.8 Å². The summed E-state index contributed by atoms with van der Waals surface area (Å²) in [5.41, 5.74) is 11.2. The van der Waals surface area contributed by atoms with E-state index in [2.05, 4.69) is 44.2 Å². The standard InChI is InChI=1S/C18H23NOS/c1-13-8-14(2)10-15(9-13)12-21-18(11-19)16-4-6-17(20-3)7-5-16/h4-10,18H,11-12,19H2,1-3H3. The second-order valence-corrected chi connectivity index (χ2v) is 6.50. The average Bonchev–Trinajstić information content (AvgIpc) is 2.47. The van der Waals surface area contributed by atoms with E-state index in [-0.39, 0.29) is 0 Å². The number of thioether (sulfide) groups is 1. The van der Waals surface area contributed by atoms with Gasteiger partial charge in [-0.3, -0.25) is 0 Å². The van der Waals surface area contributed by atoms with Gasteiger partial charge in [-0.2, -0.15) is 0 Å². The molecule has 2 N–H and O–H groups in total. The number of aryl methyl sites for hydroxylation is 2. The summed E-state index contributed by atoms with van der Waals surface area (Å²) in [6, 6.07) is 14.9. The Hall–Kier alpha value is -1.45. The zero-order chi connectivity index (χ0) is 15.2. The number of hydrogen-bond donors (Lipinski definition) is 1. The van der Waals surface area contributed by atoms with Crippen LogP contribution in [0.4, 0.5) is 0 Å². The number of methoxy groups -OCH3 is 1. The Balaban J connectivity index is 2.04. The van der Waals surface area contributed by atoms with Gasteiger partial charge in [-0.25, -0.2) is 0 Å². The zero-order valence-electron chi connectivity index (χ0n) is 12.9. The van der Waals surface area contributed by atoms with Crippen molar-refractivity contribution in [1.29, 1.82) is 0 Å². The van der Waals surface area contributed by atoms with Crippen LogP contribution in [0, 0.1) is 13.8 Å². The predicted octanol–water partition coefficient (Wildman–Crippen LogP) is 4.25. The van der Waals surface area contributed by atoms with E-state index in [1.807, 2.05) is 23.9 Å². The summed E-state index contributed by atoms with van der Waals surface area (Å²) in [7, 11) is 1.68. The lowest BCUT2D eigenvalue weighted by molar-refractivity contribution is 0.414. The van der Waals surface area contributed by atoms with Crippen LogP contribution in [0.15, 0.2) is 42.5 Å². The summed E-state index contributed by atoms with van der Waals surface area (Å²) in [6.45, 7) is 4.93. The zero-order valence-corrected chi connectivity index (χ0v) is 13.7. The molecular weight excluding hydrogens is 278 g/mol. The largest absolute Gasteiger partial charge is 0.497 e. The van der Waals surface area contributed by atoms with Gasteiger partial charge < -0.3 is 10.5 Å². The maximum absolute atomic E-state index is 5.95. The topological polar surface area (TPSA) is 35.2 Å². The summed E-state index contributed by atoms with van der Waals surface area (Å²) in [5.74, 6) is 1.87. The highest BCUT2D eigenvalue weighted by Crippen LogP contribution is 2.32. The van der Waals surface area contributed by atoms with E-state index in [0.29, 0.717) is 11.8 Å². The minimum atomic E-state index is 0.316. The molecule has 3 heteroatoms. The number of hydrogen-bond acceptors (Lipinski definition) is 3. The number of rotatable bonds is 6. The van der Waals surface area contributed by atoms with Gasteiger partial charge in [0.2, 0.25) is 0 Å². The Morgan fingerprint density at radius 3 is 2.19 bits per heavy atom. The molecule has 0 bridgehead atoms. The minimum absolute atomic E-state index is 0.316. The molecule has 0 saturated heterocycles. The van der Waals surface area contributed by atoms with E-state index in [4.69, 9.17) is 10.5 Å². The van der Waals surface area contributed by atoms with Crippen LogP contribution in [-0.2, 0) is 5.75 Å². The summed E-state index contributed by atoms with van der Waals surface area (Å²) in [4.78, 5) is 0. The molecule has 0 amide bonds. The van der Waals surface area contributed by atoms with Crippen molar-refractivity contribution in [3.05, 3.63) is 64.7 Å². The fourth-order valence-corrected chi connectivity index (χ4v) is 3.51. The van der Waals surface area contributed by atoms with Crippen LogP contribution in [0.5, 0.6) is 5.75 Å². The fourth-order valence-electron chi connectivity index (χ4n) is 2.47. The molecule has 1 atom stereocenters. The van der Waals surface area contributed by atoms with Crippen LogP contribution < -0.4 is 10.5 Å². The van der Waals surface area contributed by atoms with Gasteiger partial charge in [0.25, 0.3) is 0 Å². The van der Waals surface area contributed by atoms with Crippen molar-refractivity contribution in [3.63, 3.8) is 0 Å². The highest BCUT2D eigenvalue weighted by atomic mass is 32.2. The molecule has 0 aliphatic heterocycles. The Morgan fingerprint density at radius 1 is 1.05 bits per heavy atom. The van der Waals surface area contributed by atoms with Gasteiger partial charge in [-0.1, -0.05) is 41.5 Å². The first-order chi connectivity index (χ1) is 10.1.